The first-order valence-electron chi connectivity index (χ1n) is 8.93. The molecule has 0 aromatic heterocycles. The lowest BCUT2D eigenvalue weighted by molar-refractivity contribution is -0.123. The van der Waals surface area contributed by atoms with Gasteiger partial charge in [-0.15, -0.1) is 0 Å². The number of benzene rings is 2. The lowest BCUT2D eigenvalue weighted by Gasteiger charge is -2.17. The minimum Gasteiger partial charge on any atom is -0.484 e. The number of aliphatic hydroxyl groups is 1. The van der Waals surface area contributed by atoms with Gasteiger partial charge in [-0.25, -0.2) is 0 Å². The van der Waals surface area contributed by atoms with Crippen molar-refractivity contribution in [1.29, 1.82) is 0 Å². The Hall–Kier alpha value is -2.33. The number of amides is 1. The number of aryl methyl sites for hydroxylation is 2. The Morgan fingerprint density at radius 2 is 1.92 bits per heavy atom. The fourth-order valence-electron chi connectivity index (χ4n) is 3.34. The molecule has 0 radical (unpaired) electrons. The monoisotopic (exact) mass is 339 g/mol. The highest BCUT2D eigenvalue weighted by Crippen LogP contribution is 2.26. The van der Waals surface area contributed by atoms with Crippen LogP contribution in [0.15, 0.2) is 48.5 Å². The van der Waals surface area contributed by atoms with E-state index in [2.05, 4.69) is 11.4 Å². The van der Waals surface area contributed by atoms with Crippen molar-refractivity contribution < 1.29 is 14.6 Å². The van der Waals surface area contributed by atoms with Crippen LogP contribution in [0.1, 0.15) is 35.4 Å². The number of carbonyl (C=O) groups is 1. The average molecular weight is 339 g/mol. The van der Waals surface area contributed by atoms with Crippen molar-refractivity contribution >= 4 is 5.91 Å². The van der Waals surface area contributed by atoms with Gasteiger partial charge >= 0.3 is 0 Å². The Labute approximate surface area is 148 Å². The van der Waals surface area contributed by atoms with E-state index in [1.165, 1.54) is 17.5 Å². The van der Waals surface area contributed by atoms with E-state index in [-0.39, 0.29) is 25.0 Å². The molecule has 2 aromatic carbocycles. The van der Waals surface area contributed by atoms with Crippen molar-refractivity contribution in [2.24, 2.45) is 0 Å². The van der Waals surface area contributed by atoms with E-state index in [0.717, 1.165) is 24.2 Å². The summed E-state index contributed by atoms with van der Waals surface area (Å²) in [6.45, 7) is 0.609. The number of hydrogen-bond donors (Lipinski definition) is 2. The maximum absolute atomic E-state index is 12.1. The van der Waals surface area contributed by atoms with E-state index in [1.54, 1.807) is 0 Å². The molecule has 1 amide bonds. The molecule has 0 bridgehead atoms. The Morgan fingerprint density at radius 1 is 1.12 bits per heavy atom. The second kappa shape index (κ2) is 8.67. The molecule has 1 aliphatic rings. The maximum Gasteiger partial charge on any atom is 0.257 e. The van der Waals surface area contributed by atoms with Crippen LogP contribution in [0.25, 0.3) is 0 Å². The van der Waals surface area contributed by atoms with Crippen LogP contribution in [-0.2, 0) is 17.6 Å². The topological polar surface area (TPSA) is 58.6 Å². The zero-order valence-electron chi connectivity index (χ0n) is 14.4. The highest BCUT2D eigenvalue weighted by molar-refractivity contribution is 5.77. The first-order valence-corrected chi connectivity index (χ1v) is 8.93. The van der Waals surface area contributed by atoms with Gasteiger partial charge in [-0.1, -0.05) is 36.4 Å². The van der Waals surface area contributed by atoms with Gasteiger partial charge in [0, 0.05) is 19.1 Å². The first-order chi connectivity index (χ1) is 12.3. The molecule has 0 aliphatic heterocycles. The molecule has 1 atom stereocenters. The predicted octanol–water partition coefficient (Wildman–Crippen LogP) is 2.84. The molecule has 0 spiro atoms. The summed E-state index contributed by atoms with van der Waals surface area (Å²) < 4.78 is 5.63. The molecular weight excluding hydrogens is 314 g/mol. The Morgan fingerprint density at radius 3 is 2.72 bits per heavy atom. The summed E-state index contributed by atoms with van der Waals surface area (Å²) in [7, 11) is 0. The summed E-state index contributed by atoms with van der Waals surface area (Å²) in [6, 6.07) is 16.0. The molecule has 1 aliphatic carbocycles. The molecule has 4 heteroatoms. The number of rotatable bonds is 8. The Balaban J connectivity index is 1.48. The van der Waals surface area contributed by atoms with E-state index >= 15 is 0 Å². The van der Waals surface area contributed by atoms with Crippen molar-refractivity contribution in [3.05, 3.63) is 65.2 Å². The normalized spacial score (nSPS) is 14.0. The second-order valence-electron chi connectivity index (χ2n) is 6.50. The van der Waals surface area contributed by atoms with Crippen LogP contribution in [-0.4, -0.2) is 30.8 Å². The maximum atomic E-state index is 12.1. The van der Waals surface area contributed by atoms with Crippen LogP contribution in [0, 0.1) is 0 Å². The minimum atomic E-state index is -0.139. The molecule has 0 fully saturated rings. The van der Waals surface area contributed by atoms with Crippen LogP contribution in [0.4, 0.5) is 0 Å². The smallest absolute Gasteiger partial charge is 0.257 e. The van der Waals surface area contributed by atoms with Gasteiger partial charge in [-0.05, 0) is 54.5 Å². The summed E-state index contributed by atoms with van der Waals surface area (Å²) in [5, 5.41) is 12.2. The number of nitrogens with one attached hydrogen (secondary N) is 1. The van der Waals surface area contributed by atoms with Crippen molar-refractivity contribution in [2.75, 3.05) is 19.8 Å². The van der Waals surface area contributed by atoms with E-state index < -0.39 is 0 Å². The van der Waals surface area contributed by atoms with Gasteiger partial charge in [0.2, 0.25) is 0 Å². The van der Waals surface area contributed by atoms with Gasteiger partial charge in [0.1, 0.15) is 5.75 Å². The van der Waals surface area contributed by atoms with Gasteiger partial charge in [0.15, 0.2) is 6.61 Å². The third-order valence-corrected chi connectivity index (χ3v) is 4.73. The van der Waals surface area contributed by atoms with Crippen LogP contribution in [0.2, 0.25) is 0 Å². The molecule has 3 rings (SSSR count). The summed E-state index contributed by atoms with van der Waals surface area (Å²) in [5.41, 5.74) is 3.85. The molecule has 0 heterocycles. The molecule has 2 N–H and O–H groups in total. The summed E-state index contributed by atoms with van der Waals surface area (Å²) in [5.74, 6) is 0.722. The average Bonchev–Trinajstić information content (AvgIpc) is 3.12. The van der Waals surface area contributed by atoms with E-state index in [4.69, 9.17) is 4.74 Å². The summed E-state index contributed by atoms with van der Waals surface area (Å²) in [6.07, 6.45) is 4.06. The molecule has 1 unspecified atom stereocenters. The molecule has 25 heavy (non-hydrogen) atoms. The largest absolute Gasteiger partial charge is 0.484 e. The zero-order chi connectivity index (χ0) is 17.5. The van der Waals surface area contributed by atoms with Gasteiger partial charge in [-0.2, -0.15) is 0 Å². The highest BCUT2D eigenvalue weighted by atomic mass is 16.5. The highest BCUT2D eigenvalue weighted by Gasteiger charge is 2.14. The lowest BCUT2D eigenvalue weighted by atomic mass is 9.96. The summed E-state index contributed by atoms with van der Waals surface area (Å²) >= 11 is 0. The number of fused-ring (bicyclic) bond motifs is 1. The number of hydrogen-bond acceptors (Lipinski definition) is 3. The van der Waals surface area contributed by atoms with Crippen molar-refractivity contribution in [3.63, 3.8) is 0 Å². The minimum absolute atomic E-state index is 0.0133. The molecule has 2 aromatic rings. The van der Waals surface area contributed by atoms with Crippen LogP contribution >= 0.6 is 0 Å². The van der Waals surface area contributed by atoms with Gasteiger partial charge in [0.05, 0.1) is 0 Å². The first kappa shape index (κ1) is 17.5. The molecular formula is C21H25NO3. The summed E-state index contributed by atoms with van der Waals surface area (Å²) in [4.78, 5) is 12.1. The van der Waals surface area contributed by atoms with Gasteiger partial charge in [0.25, 0.3) is 5.91 Å². The van der Waals surface area contributed by atoms with Crippen LogP contribution in [0.5, 0.6) is 5.75 Å². The van der Waals surface area contributed by atoms with Crippen LogP contribution in [0.3, 0.4) is 0 Å². The van der Waals surface area contributed by atoms with Crippen molar-refractivity contribution in [3.8, 4) is 5.75 Å². The molecule has 0 saturated heterocycles. The number of aliphatic hydroxyl groups excluding tert-OH is 1. The number of carbonyl (C=O) groups excluding carboxylic acids is 1. The number of ether oxygens (including phenoxy) is 1. The third-order valence-electron chi connectivity index (χ3n) is 4.73. The molecule has 4 nitrogen and oxygen atoms in total. The van der Waals surface area contributed by atoms with E-state index in [9.17, 15) is 9.90 Å². The van der Waals surface area contributed by atoms with E-state index in [0.29, 0.717) is 13.0 Å². The fourth-order valence-corrected chi connectivity index (χ4v) is 3.34. The molecule has 0 saturated carbocycles. The third kappa shape index (κ3) is 4.83. The van der Waals surface area contributed by atoms with E-state index in [1.807, 2.05) is 42.5 Å². The quantitative estimate of drug-likeness (QED) is 0.777. The van der Waals surface area contributed by atoms with Crippen molar-refractivity contribution in [1.82, 2.24) is 5.32 Å². The zero-order valence-corrected chi connectivity index (χ0v) is 14.4. The fraction of sp³-hybridized carbons (Fsp3) is 0.381. The van der Waals surface area contributed by atoms with Crippen molar-refractivity contribution in [2.45, 2.75) is 31.6 Å². The Bertz CT molecular complexity index is 700. The second-order valence-corrected chi connectivity index (χ2v) is 6.50. The Kier molecular flexibility index (Phi) is 6.07. The standard InChI is InChI=1S/C21H25NO3/c23-12-11-19(16-5-2-1-3-6-16)14-22-21(24)15-25-20-10-9-17-7-4-8-18(17)13-20/h1-3,5-6,9-10,13,19,23H,4,7-8,11-12,14-15H2,(H,22,24). The predicted molar refractivity (Wildman–Crippen MR) is 97.9 cm³/mol. The van der Waals surface area contributed by atoms with Crippen LogP contribution < -0.4 is 10.1 Å². The van der Waals surface area contributed by atoms with Gasteiger partial charge < -0.3 is 15.2 Å². The van der Waals surface area contributed by atoms with Gasteiger partial charge in [-0.3, -0.25) is 4.79 Å². The molecule has 132 valence electrons. The SMILES string of the molecule is O=C(COc1ccc2c(c1)CCC2)NCC(CCO)c1ccccc1. The lowest BCUT2D eigenvalue weighted by Crippen LogP contribution is -2.32.